The van der Waals surface area contributed by atoms with E-state index >= 15 is 0 Å². The van der Waals surface area contributed by atoms with Gasteiger partial charge in [-0.1, -0.05) is 59.9 Å². The number of allylic oxidation sites excluding steroid dienone is 1. The van der Waals surface area contributed by atoms with Gasteiger partial charge in [0.05, 0.1) is 45.4 Å². The van der Waals surface area contributed by atoms with Gasteiger partial charge >= 0.3 is 11.7 Å². The molecule has 6 rings (SSSR count). The second-order valence-corrected chi connectivity index (χ2v) is 11.5. The summed E-state index contributed by atoms with van der Waals surface area (Å²) in [6.07, 6.45) is 1.57. The zero-order chi connectivity index (χ0) is 34.1. The Morgan fingerprint density at radius 3 is 2.44 bits per heavy atom. The maximum atomic E-state index is 14.4. The van der Waals surface area contributed by atoms with Gasteiger partial charge in [-0.15, -0.1) is 0 Å². The fourth-order valence-electron chi connectivity index (χ4n) is 5.60. The molecular weight excluding hydrogens is 640 g/mol. The van der Waals surface area contributed by atoms with Crippen molar-refractivity contribution in [2.45, 2.75) is 19.9 Å². The van der Waals surface area contributed by atoms with E-state index in [-0.39, 0.29) is 28.2 Å². The van der Waals surface area contributed by atoms with Crippen LogP contribution < -0.4 is 24.4 Å². The number of carbonyl (C=O) groups is 1. The monoisotopic (exact) mass is 666 g/mol. The Labute approximate surface area is 275 Å². The molecule has 0 bridgehead atoms. The Morgan fingerprint density at radius 1 is 0.979 bits per heavy atom. The van der Waals surface area contributed by atoms with Gasteiger partial charge in [-0.25, -0.2) is 9.79 Å². The normalized spacial score (nSPS) is 14.3. The van der Waals surface area contributed by atoms with Crippen LogP contribution >= 0.6 is 11.3 Å². The molecule has 48 heavy (non-hydrogen) atoms. The standard InChI is InChI=1S/C34H26N4O9S/c1-4-46-33(40)29-19(2)35-34-36(31(29)30-23-11-7-5-9-20(23)13-15-27(30)45-3)32(39)28(48-34)17-21-10-6-8-12-25(21)47-26-16-14-22(37(41)42)18-24(26)38(43)44/h5-18,31H,4H2,1-3H3/b28-17-/t31-/m0/s1. The van der Waals surface area contributed by atoms with Crippen LogP contribution in [0.25, 0.3) is 16.8 Å². The van der Waals surface area contributed by atoms with E-state index in [0.717, 1.165) is 40.3 Å². The average molecular weight is 667 g/mol. The second kappa shape index (κ2) is 12.9. The van der Waals surface area contributed by atoms with E-state index in [2.05, 4.69) is 4.99 Å². The molecular formula is C34H26N4O9S. The third kappa shape index (κ3) is 5.69. The number of esters is 1. The summed E-state index contributed by atoms with van der Waals surface area (Å²) in [7, 11) is 1.52. The topological polar surface area (TPSA) is 165 Å². The number of non-ortho nitro benzene ring substituents is 1. The number of fused-ring (bicyclic) bond motifs is 2. The molecule has 242 valence electrons. The molecule has 0 saturated heterocycles. The number of methoxy groups -OCH3 is 1. The average Bonchev–Trinajstić information content (AvgIpc) is 3.38. The molecule has 0 amide bonds. The van der Waals surface area contributed by atoms with Crippen LogP contribution in [-0.4, -0.2) is 34.1 Å². The minimum Gasteiger partial charge on any atom is -0.496 e. The number of rotatable bonds is 9. The van der Waals surface area contributed by atoms with E-state index < -0.39 is 38.8 Å². The number of benzene rings is 4. The summed E-state index contributed by atoms with van der Waals surface area (Å²) < 4.78 is 18.8. The summed E-state index contributed by atoms with van der Waals surface area (Å²) in [4.78, 5) is 54.3. The molecule has 14 heteroatoms. The molecule has 1 atom stereocenters. The van der Waals surface area contributed by atoms with Gasteiger partial charge < -0.3 is 14.2 Å². The van der Waals surface area contributed by atoms with Crippen molar-refractivity contribution in [3.63, 3.8) is 0 Å². The number of hydrogen-bond donors (Lipinski definition) is 0. The van der Waals surface area contributed by atoms with Crippen LogP contribution in [0, 0.1) is 20.2 Å². The van der Waals surface area contributed by atoms with Crippen LogP contribution in [0.2, 0.25) is 0 Å². The Balaban J connectivity index is 1.55. The molecule has 5 aromatic rings. The van der Waals surface area contributed by atoms with Gasteiger partial charge in [0.15, 0.2) is 4.80 Å². The number of hydrogen-bond acceptors (Lipinski definition) is 11. The molecule has 1 aliphatic heterocycles. The van der Waals surface area contributed by atoms with Crippen LogP contribution in [0.15, 0.2) is 99.9 Å². The van der Waals surface area contributed by atoms with E-state index in [0.29, 0.717) is 27.4 Å². The van der Waals surface area contributed by atoms with Crippen LogP contribution in [0.3, 0.4) is 0 Å². The number of thiazole rings is 1. The fraction of sp³-hybridized carbons (Fsp3) is 0.147. The van der Waals surface area contributed by atoms with Gasteiger partial charge in [0.1, 0.15) is 17.5 Å². The summed E-state index contributed by atoms with van der Waals surface area (Å²) in [6.45, 7) is 3.50. The first kappa shape index (κ1) is 31.8. The smallest absolute Gasteiger partial charge is 0.338 e. The lowest BCUT2D eigenvalue weighted by molar-refractivity contribution is -0.394. The van der Waals surface area contributed by atoms with Gasteiger partial charge in [0.2, 0.25) is 5.75 Å². The van der Waals surface area contributed by atoms with Gasteiger partial charge in [-0.2, -0.15) is 0 Å². The van der Waals surface area contributed by atoms with E-state index in [1.54, 1.807) is 50.3 Å². The van der Waals surface area contributed by atoms with Crippen molar-refractivity contribution in [3.05, 3.63) is 141 Å². The molecule has 2 heterocycles. The summed E-state index contributed by atoms with van der Waals surface area (Å²) >= 11 is 1.10. The van der Waals surface area contributed by atoms with E-state index in [1.807, 2.05) is 30.3 Å². The maximum absolute atomic E-state index is 14.4. The number of ether oxygens (including phenoxy) is 3. The minimum absolute atomic E-state index is 0.114. The van der Waals surface area contributed by atoms with Crippen molar-refractivity contribution >= 4 is 45.5 Å². The molecule has 0 saturated carbocycles. The molecule has 1 aliphatic rings. The Bertz CT molecular complexity index is 2360. The third-order valence-corrected chi connectivity index (χ3v) is 8.70. The lowest BCUT2D eigenvalue weighted by Gasteiger charge is -2.27. The lowest BCUT2D eigenvalue weighted by atomic mass is 9.90. The third-order valence-electron chi connectivity index (χ3n) is 7.72. The number of nitro groups is 2. The second-order valence-electron chi connectivity index (χ2n) is 10.5. The first-order chi connectivity index (χ1) is 23.1. The lowest BCUT2D eigenvalue weighted by Crippen LogP contribution is -2.40. The van der Waals surface area contributed by atoms with Crippen LogP contribution in [-0.2, 0) is 9.53 Å². The highest BCUT2D eigenvalue weighted by molar-refractivity contribution is 7.07. The van der Waals surface area contributed by atoms with Gasteiger partial charge in [0.25, 0.3) is 11.2 Å². The number of nitro benzene ring substituents is 2. The molecule has 1 aromatic heterocycles. The van der Waals surface area contributed by atoms with E-state index in [1.165, 1.54) is 11.7 Å². The molecule has 0 N–H and O–H groups in total. The maximum Gasteiger partial charge on any atom is 0.338 e. The number of aromatic nitrogens is 1. The summed E-state index contributed by atoms with van der Waals surface area (Å²) in [6, 6.07) is 20.0. The SMILES string of the molecule is CCOC(=O)C1=C(C)N=c2s/c(=C\c3ccccc3Oc3ccc([N+](=O)[O-])cc3[N+](=O)[O-])c(=O)n2[C@@H]1c1c(OC)ccc2ccccc12. The zero-order valence-electron chi connectivity index (χ0n) is 25.7. The highest BCUT2D eigenvalue weighted by Gasteiger charge is 2.36. The fourth-order valence-corrected chi connectivity index (χ4v) is 6.64. The molecule has 4 aromatic carbocycles. The van der Waals surface area contributed by atoms with Gasteiger partial charge in [-0.3, -0.25) is 29.6 Å². The van der Waals surface area contributed by atoms with Crippen molar-refractivity contribution < 1.29 is 28.9 Å². The van der Waals surface area contributed by atoms with Crippen molar-refractivity contribution in [2.75, 3.05) is 13.7 Å². The predicted octanol–water partition coefficient (Wildman–Crippen LogP) is 5.57. The van der Waals surface area contributed by atoms with Crippen LogP contribution in [0.1, 0.15) is 31.0 Å². The van der Waals surface area contributed by atoms with Gasteiger partial charge in [0, 0.05) is 17.2 Å². The van der Waals surface area contributed by atoms with Crippen LogP contribution in [0.4, 0.5) is 11.4 Å². The highest BCUT2D eigenvalue weighted by atomic mass is 32.1. The van der Waals surface area contributed by atoms with Crippen molar-refractivity contribution in [1.29, 1.82) is 0 Å². The Morgan fingerprint density at radius 2 is 1.71 bits per heavy atom. The van der Waals surface area contributed by atoms with Crippen molar-refractivity contribution in [1.82, 2.24) is 4.57 Å². The summed E-state index contributed by atoms with van der Waals surface area (Å²) in [5.74, 6) is -0.203. The number of para-hydroxylation sites is 1. The molecule has 13 nitrogen and oxygen atoms in total. The Hall–Kier alpha value is -6.15. The van der Waals surface area contributed by atoms with E-state index in [9.17, 15) is 29.8 Å². The summed E-state index contributed by atoms with van der Waals surface area (Å²) in [5, 5.41) is 24.6. The molecule has 0 spiro atoms. The minimum atomic E-state index is -0.947. The Kier molecular flexibility index (Phi) is 8.57. The quantitative estimate of drug-likeness (QED) is 0.111. The van der Waals surface area contributed by atoms with Gasteiger partial charge in [-0.05, 0) is 48.9 Å². The zero-order valence-corrected chi connectivity index (χ0v) is 26.6. The van der Waals surface area contributed by atoms with Crippen molar-refractivity contribution in [2.24, 2.45) is 4.99 Å². The predicted molar refractivity (Wildman–Crippen MR) is 177 cm³/mol. The first-order valence-corrected chi connectivity index (χ1v) is 15.4. The van der Waals surface area contributed by atoms with Crippen LogP contribution in [0.5, 0.6) is 17.2 Å². The molecule has 0 unspecified atom stereocenters. The highest BCUT2D eigenvalue weighted by Crippen LogP contribution is 2.40. The number of nitrogens with zero attached hydrogens (tertiary/aromatic N) is 4. The molecule has 0 fully saturated rings. The molecule has 0 radical (unpaired) electrons. The largest absolute Gasteiger partial charge is 0.496 e. The van der Waals surface area contributed by atoms with E-state index in [4.69, 9.17) is 14.2 Å². The van der Waals surface area contributed by atoms with Crippen molar-refractivity contribution in [3.8, 4) is 17.2 Å². The summed E-state index contributed by atoms with van der Waals surface area (Å²) in [5.41, 5.74) is 0.0628. The first-order valence-electron chi connectivity index (χ1n) is 14.6. The molecule has 0 aliphatic carbocycles. The number of carbonyl (C=O) groups excluding carboxylic acids is 1.